The third-order valence-electron chi connectivity index (χ3n) is 6.01. The Morgan fingerprint density at radius 3 is 2.33 bits per heavy atom. The van der Waals surface area contributed by atoms with Gasteiger partial charge in [-0.05, 0) is 55.4 Å². The van der Waals surface area contributed by atoms with E-state index >= 15 is 0 Å². The van der Waals surface area contributed by atoms with Crippen LogP contribution in [0.5, 0.6) is 0 Å². The first-order chi connectivity index (χ1) is 13.6. The van der Waals surface area contributed by atoms with Crippen molar-refractivity contribution < 1.29 is 4.79 Å². The molecule has 0 bridgehead atoms. The molecule has 2 aromatic rings. The number of anilines is 1. The van der Waals surface area contributed by atoms with E-state index in [2.05, 4.69) is 52.5 Å². The van der Waals surface area contributed by atoms with Crippen molar-refractivity contribution in [2.75, 3.05) is 58.3 Å². The lowest BCUT2D eigenvalue weighted by Crippen LogP contribution is -2.43. The van der Waals surface area contributed by atoms with E-state index in [1.807, 2.05) is 30.1 Å². The Kier molecular flexibility index (Phi) is 8.98. The number of nitrogens with one attached hydrogen (secondary N) is 1. The average Bonchev–Trinajstić information content (AvgIpc) is 3.20. The molecule has 0 spiro atoms. The standard InChI is InChI=1S/C23H30N4O.2ClH/c1-25-12-9-22(17-25)26(2)23(28)20-7-3-5-18(15-20)19-6-4-8-21(16-19)27-13-10-24-11-14-27;;/h3-8,15-16,22,24H,9-14,17H2,1-2H3;2*1H. The van der Waals surface area contributed by atoms with E-state index < -0.39 is 0 Å². The maximum Gasteiger partial charge on any atom is 0.253 e. The third kappa shape index (κ3) is 5.46. The van der Waals surface area contributed by atoms with E-state index in [-0.39, 0.29) is 30.7 Å². The fourth-order valence-corrected chi connectivity index (χ4v) is 4.23. The molecule has 1 amide bonds. The lowest BCUT2D eigenvalue weighted by atomic mass is 10.0. The highest BCUT2D eigenvalue weighted by atomic mass is 35.5. The van der Waals surface area contributed by atoms with Gasteiger partial charge in [-0.1, -0.05) is 24.3 Å². The first kappa shape index (κ1) is 24.5. The molecule has 0 radical (unpaired) electrons. The molecule has 1 atom stereocenters. The van der Waals surface area contributed by atoms with Crippen molar-refractivity contribution >= 4 is 36.4 Å². The predicted octanol–water partition coefficient (Wildman–Crippen LogP) is 3.38. The number of rotatable bonds is 4. The predicted molar refractivity (Wildman–Crippen MR) is 129 cm³/mol. The Morgan fingerprint density at radius 1 is 1.00 bits per heavy atom. The van der Waals surface area contributed by atoms with Crippen LogP contribution in [0.4, 0.5) is 5.69 Å². The molecule has 2 aromatic carbocycles. The second-order valence-corrected chi connectivity index (χ2v) is 7.99. The van der Waals surface area contributed by atoms with Gasteiger partial charge in [0.1, 0.15) is 0 Å². The van der Waals surface area contributed by atoms with Gasteiger partial charge in [-0.3, -0.25) is 4.79 Å². The average molecular weight is 451 g/mol. The monoisotopic (exact) mass is 450 g/mol. The molecule has 30 heavy (non-hydrogen) atoms. The molecule has 5 nitrogen and oxygen atoms in total. The maximum absolute atomic E-state index is 13.0. The van der Waals surface area contributed by atoms with Gasteiger partial charge in [0.05, 0.1) is 0 Å². The van der Waals surface area contributed by atoms with Crippen LogP contribution in [0.25, 0.3) is 11.1 Å². The lowest BCUT2D eigenvalue weighted by molar-refractivity contribution is 0.0737. The van der Waals surface area contributed by atoms with Crippen LogP contribution in [-0.2, 0) is 0 Å². The molecule has 164 valence electrons. The molecule has 1 unspecified atom stereocenters. The Labute approximate surface area is 192 Å². The Hall–Kier alpha value is -1.79. The maximum atomic E-state index is 13.0. The molecule has 2 aliphatic rings. The number of likely N-dealkylation sites (N-methyl/N-ethyl adjacent to an activating group) is 2. The van der Waals surface area contributed by atoms with Crippen molar-refractivity contribution in [2.45, 2.75) is 12.5 Å². The molecule has 1 N–H and O–H groups in total. The zero-order chi connectivity index (χ0) is 19.5. The van der Waals surface area contributed by atoms with E-state index in [0.717, 1.165) is 62.4 Å². The summed E-state index contributed by atoms with van der Waals surface area (Å²) in [4.78, 5) is 19.6. The number of nitrogens with zero attached hydrogens (tertiary/aromatic N) is 3. The van der Waals surface area contributed by atoms with E-state index in [4.69, 9.17) is 0 Å². The highest BCUT2D eigenvalue weighted by molar-refractivity contribution is 5.95. The van der Waals surface area contributed by atoms with E-state index in [1.165, 1.54) is 5.69 Å². The normalized spacial score (nSPS) is 19.0. The van der Waals surface area contributed by atoms with Crippen molar-refractivity contribution in [3.8, 4) is 11.1 Å². The van der Waals surface area contributed by atoms with Gasteiger partial charge in [0.2, 0.25) is 0 Å². The SMILES string of the molecule is CN1CCC(N(C)C(=O)c2cccc(-c3cccc(N4CCNCC4)c3)c2)C1.Cl.Cl. The topological polar surface area (TPSA) is 38.8 Å². The summed E-state index contributed by atoms with van der Waals surface area (Å²) >= 11 is 0. The number of likely N-dealkylation sites (tertiary alicyclic amines) is 1. The van der Waals surface area contributed by atoms with Crippen molar-refractivity contribution in [1.29, 1.82) is 0 Å². The number of benzene rings is 2. The smallest absolute Gasteiger partial charge is 0.253 e. The van der Waals surface area contributed by atoms with Crippen LogP contribution in [0.3, 0.4) is 0 Å². The Balaban J connectivity index is 0.00000160. The molecule has 2 heterocycles. The van der Waals surface area contributed by atoms with Crippen LogP contribution in [-0.4, -0.2) is 75.1 Å². The van der Waals surface area contributed by atoms with Gasteiger partial charge >= 0.3 is 0 Å². The van der Waals surface area contributed by atoms with Crippen LogP contribution in [0, 0.1) is 0 Å². The van der Waals surface area contributed by atoms with Crippen molar-refractivity contribution in [3.05, 3.63) is 54.1 Å². The largest absolute Gasteiger partial charge is 0.369 e. The van der Waals surface area contributed by atoms with Gasteiger partial charge in [0.25, 0.3) is 5.91 Å². The van der Waals surface area contributed by atoms with Crippen LogP contribution in [0.2, 0.25) is 0 Å². The molecule has 7 heteroatoms. The molecule has 2 saturated heterocycles. The minimum atomic E-state index is 0. The summed E-state index contributed by atoms with van der Waals surface area (Å²) in [5.74, 6) is 0.111. The van der Waals surface area contributed by atoms with Gasteiger partial charge in [0.15, 0.2) is 0 Å². The van der Waals surface area contributed by atoms with Gasteiger partial charge in [0, 0.05) is 57.1 Å². The van der Waals surface area contributed by atoms with Crippen molar-refractivity contribution in [3.63, 3.8) is 0 Å². The first-order valence-electron chi connectivity index (χ1n) is 10.2. The Morgan fingerprint density at radius 2 is 1.67 bits per heavy atom. The molecule has 0 aliphatic carbocycles. The third-order valence-corrected chi connectivity index (χ3v) is 6.01. The van der Waals surface area contributed by atoms with Crippen LogP contribution in [0.1, 0.15) is 16.8 Å². The summed E-state index contributed by atoms with van der Waals surface area (Å²) in [6.07, 6.45) is 1.05. The number of hydrogen-bond donors (Lipinski definition) is 1. The second-order valence-electron chi connectivity index (χ2n) is 7.99. The summed E-state index contributed by atoms with van der Waals surface area (Å²) in [6, 6.07) is 17.0. The van der Waals surface area contributed by atoms with Crippen molar-refractivity contribution in [2.24, 2.45) is 0 Å². The summed E-state index contributed by atoms with van der Waals surface area (Å²) < 4.78 is 0. The van der Waals surface area contributed by atoms with Gasteiger partial charge in [-0.15, -0.1) is 24.8 Å². The molecule has 2 fully saturated rings. The number of piperazine rings is 1. The summed E-state index contributed by atoms with van der Waals surface area (Å²) in [5, 5.41) is 3.40. The molecule has 4 rings (SSSR count). The zero-order valence-corrected chi connectivity index (χ0v) is 19.3. The fraction of sp³-hybridized carbons (Fsp3) is 0.435. The highest BCUT2D eigenvalue weighted by Gasteiger charge is 2.27. The number of halogens is 2. The lowest BCUT2D eigenvalue weighted by Gasteiger charge is -2.29. The highest BCUT2D eigenvalue weighted by Crippen LogP contribution is 2.26. The molecular formula is C23H32Cl2N4O. The van der Waals surface area contributed by atoms with Gasteiger partial charge in [-0.2, -0.15) is 0 Å². The van der Waals surface area contributed by atoms with Crippen molar-refractivity contribution in [1.82, 2.24) is 15.1 Å². The summed E-state index contributed by atoms with van der Waals surface area (Å²) in [5.41, 5.74) is 4.28. The zero-order valence-electron chi connectivity index (χ0n) is 17.7. The number of carbonyl (C=O) groups is 1. The van der Waals surface area contributed by atoms with Crippen LogP contribution in [0.15, 0.2) is 48.5 Å². The molecular weight excluding hydrogens is 419 g/mol. The summed E-state index contributed by atoms with van der Waals surface area (Å²) in [6.45, 7) is 6.12. The van der Waals surface area contributed by atoms with E-state index in [0.29, 0.717) is 6.04 Å². The van der Waals surface area contributed by atoms with Crippen LogP contribution >= 0.6 is 24.8 Å². The summed E-state index contributed by atoms with van der Waals surface area (Å²) in [7, 11) is 4.05. The number of hydrogen-bond acceptors (Lipinski definition) is 4. The van der Waals surface area contributed by atoms with Gasteiger partial charge < -0.3 is 20.0 Å². The quantitative estimate of drug-likeness (QED) is 0.774. The number of carbonyl (C=O) groups excluding carboxylic acids is 1. The minimum Gasteiger partial charge on any atom is -0.369 e. The Bertz CT molecular complexity index is 841. The van der Waals surface area contributed by atoms with E-state index in [1.54, 1.807) is 0 Å². The number of amides is 1. The van der Waals surface area contributed by atoms with Gasteiger partial charge in [-0.25, -0.2) is 0 Å². The second kappa shape index (κ2) is 11.0. The van der Waals surface area contributed by atoms with E-state index in [9.17, 15) is 4.79 Å². The first-order valence-corrected chi connectivity index (χ1v) is 10.2. The fourth-order valence-electron chi connectivity index (χ4n) is 4.23. The molecule has 2 aliphatic heterocycles. The van der Waals surface area contributed by atoms with Crippen LogP contribution < -0.4 is 10.2 Å². The minimum absolute atomic E-state index is 0. The molecule has 0 aromatic heterocycles. The molecule has 0 saturated carbocycles.